The Morgan fingerprint density at radius 2 is 1.75 bits per heavy atom. The summed E-state index contributed by atoms with van der Waals surface area (Å²) in [6, 6.07) is 9.29. The molecular formula is C21H22N4O6S. The van der Waals surface area contributed by atoms with Gasteiger partial charge in [0.2, 0.25) is 5.91 Å². The van der Waals surface area contributed by atoms with Gasteiger partial charge >= 0.3 is 5.97 Å². The smallest absolute Gasteiger partial charge is 0.337 e. The van der Waals surface area contributed by atoms with E-state index in [9.17, 15) is 19.8 Å². The standard InChI is InChI=1S/C21H22N4O6S/c1-4-25-19(12-5-7-13(26)8-6-12)23-24-21(25)32-11-18(27)22-15-10-17(31-3)16(30-2)9-14(15)20(28)29/h5-10,26H,4,11H2,1-3H3,(H,22,27)(H,28,29). The molecule has 3 rings (SSSR count). The fraction of sp³-hybridized carbons (Fsp3) is 0.238. The maximum absolute atomic E-state index is 12.5. The molecule has 2 aromatic carbocycles. The van der Waals surface area contributed by atoms with Crippen LogP contribution in [0.5, 0.6) is 17.2 Å². The number of aromatic carboxylic acids is 1. The van der Waals surface area contributed by atoms with Gasteiger partial charge in [0.25, 0.3) is 0 Å². The second-order valence-electron chi connectivity index (χ2n) is 6.49. The average Bonchev–Trinajstić information content (AvgIpc) is 3.20. The Labute approximate surface area is 188 Å². The summed E-state index contributed by atoms with van der Waals surface area (Å²) in [4.78, 5) is 24.1. The van der Waals surface area contributed by atoms with Gasteiger partial charge < -0.3 is 29.6 Å². The van der Waals surface area contributed by atoms with E-state index in [2.05, 4.69) is 15.5 Å². The Morgan fingerprint density at radius 3 is 2.34 bits per heavy atom. The molecule has 1 heterocycles. The van der Waals surface area contributed by atoms with E-state index in [4.69, 9.17) is 9.47 Å². The number of hydrogen-bond donors (Lipinski definition) is 3. The molecule has 0 spiro atoms. The first-order valence-corrected chi connectivity index (χ1v) is 10.5. The Morgan fingerprint density at radius 1 is 1.09 bits per heavy atom. The minimum absolute atomic E-state index is 0.0128. The molecule has 0 radical (unpaired) electrons. The number of phenolic OH excluding ortho intramolecular Hbond substituents is 1. The minimum atomic E-state index is -1.21. The quantitative estimate of drug-likeness (QED) is 0.413. The summed E-state index contributed by atoms with van der Waals surface area (Å²) in [7, 11) is 2.82. The number of carboxylic acids is 1. The van der Waals surface area contributed by atoms with Crippen molar-refractivity contribution in [3.8, 4) is 28.6 Å². The molecule has 0 aliphatic rings. The van der Waals surface area contributed by atoms with Gasteiger partial charge in [0.05, 0.1) is 31.2 Å². The van der Waals surface area contributed by atoms with E-state index in [1.807, 2.05) is 11.5 Å². The molecule has 1 amide bonds. The molecule has 0 aliphatic heterocycles. The van der Waals surface area contributed by atoms with Crippen LogP contribution in [0.4, 0.5) is 5.69 Å². The van der Waals surface area contributed by atoms with Crippen LogP contribution in [-0.4, -0.2) is 56.8 Å². The third kappa shape index (κ3) is 4.94. The fourth-order valence-electron chi connectivity index (χ4n) is 2.98. The highest BCUT2D eigenvalue weighted by Crippen LogP contribution is 2.33. The second kappa shape index (κ2) is 10.1. The first kappa shape index (κ1) is 22.9. The number of carboxylic acid groups (broad SMARTS) is 1. The molecule has 0 aliphatic carbocycles. The molecule has 0 atom stereocenters. The summed E-state index contributed by atoms with van der Waals surface area (Å²) >= 11 is 1.17. The van der Waals surface area contributed by atoms with Crippen molar-refractivity contribution in [3.05, 3.63) is 42.0 Å². The number of phenols is 1. The van der Waals surface area contributed by atoms with Gasteiger partial charge in [-0.05, 0) is 31.2 Å². The highest BCUT2D eigenvalue weighted by molar-refractivity contribution is 7.99. The maximum atomic E-state index is 12.5. The van der Waals surface area contributed by atoms with Crippen molar-refractivity contribution in [2.75, 3.05) is 25.3 Å². The van der Waals surface area contributed by atoms with Crippen LogP contribution in [0.25, 0.3) is 11.4 Å². The summed E-state index contributed by atoms with van der Waals surface area (Å²) < 4.78 is 12.2. The predicted molar refractivity (Wildman–Crippen MR) is 119 cm³/mol. The number of carbonyl (C=O) groups is 2. The van der Waals surface area contributed by atoms with Crippen LogP contribution in [0.1, 0.15) is 17.3 Å². The van der Waals surface area contributed by atoms with Gasteiger partial charge in [-0.25, -0.2) is 4.79 Å². The number of carbonyl (C=O) groups excluding carboxylic acids is 1. The van der Waals surface area contributed by atoms with Crippen LogP contribution >= 0.6 is 11.8 Å². The van der Waals surface area contributed by atoms with E-state index in [-0.39, 0.29) is 28.5 Å². The molecule has 0 unspecified atom stereocenters. The monoisotopic (exact) mass is 458 g/mol. The number of benzene rings is 2. The van der Waals surface area contributed by atoms with Crippen molar-refractivity contribution >= 4 is 29.3 Å². The van der Waals surface area contributed by atoms with Crippen LogP contribution in [0.3, 0.4) is 0 Å². The van der Waals surface area contributed by atoms with Crippen molar-refractivity contribution in [2.24, 2.45) is 0 Å². The molecule has 168 valence electrons. The summed E-state index contributed by atoms with van der Waals surface area (Å²) in [5.74, 6) is -0.331. The number of hydrogen-bond acceptors (Lipinski definition) is 8. The van der Waals surface area contributed by atoms with Gasteiger partial charge in [-0.15, -0.1) is 10.2 Å². The van der Waals surface area contributed by atoms with Crippen LogP contribution in [0, 0.1) is 0 Å². The minimum Gasteiger partial charge on any atom is -0.508 e. The van der Waals surface area contributed by atoms with Gasteiger partial charge in [0, 0.05) is 24.2 Å². The van der Waals surface area contributed by atoms with E-state index < -0.39 is 11.9 Å². The van der Waals surface area contributed by atoms with Crippen LogP contribution in [0.15, 0.2) is 41.6 Å². The molecule has 1 aromatic heterocycles. The number of aromatic hydroxyl groups is 1. The molecule has 0 saturated heterocycles. The zero-order valence-electron chi connectivity index (χ0n) is 17.7. The summed E-state index contributed by atoms with van der Waals surface area (Å²) in [6.45, 7) is 2.51. The summed E-state index contributed by atoms with van der Waals surface area (Å²) in [5, 5.41) is 30.5. The number of methoxy groups -OCH3 is 2. The molecular weight excluding hydrogens is 436 g/mol. The van der Waals surface area contributed by atoms with Crippen LogP contribution in [0.2, 0.25) is 0 Å². The fourth-order valence-corrected chi connectivity index (χ4v) is 3.78. The lowest BCUT2D eigenvalue weighted by Crippen LogP contribution is -2.17. The number of aromatic nitrogens is 3. The van der Waals surface area contributed by atoms with Gasteiger partial charge in [-0.3, -0.25) is 4.79 Å². The number of nitrogens with zero attached hydrogens (tertiary/aromatic N) is 3. The Kier molecular flexibility index (Phi) is 7.21. The third-order valence-electron chi connectivity index (χ3n) is 4.52. The molecule has 10 nitrogen and oxygen atoms in total. The molecule has 0 fully saturated rings. The molecule has 0 saturated carbocycles. The predicted octanol–water partition coefficient (Wildman–Crippen LogP) is 3.12. The lowest BCUT2D eigenvalue weighted by atomic mass is 10.1. The van der Waals surface area contributed by atoms with Gasteiger partial charge in [-0.2, -0.15) is 0 Å². The number of amides is 1. The largest absolute Gasteiger partial charge is 0.508 e. The highest BCUT2D eigenvalue weighted by Gasteiger charge is 2.19. The van der Waals surface area contributed by atoms with Crippen molar-refractivity contribution in [2.45, 2.75) is 18.6 Å². The summed E-state index contributed by atoms with van der Waals surface area (Å²) in [6.07, 6.45) is 0. The first-order valence-electron chi connectivity index (χ1n) is 9.52. The van der Waals surface area contributed by atoms with E-state index in [1.54, 1.807) is 24.3 Å². The van der Waals surface area contributed by atoms with Gasteiger partial charge in [-0.1, -0.05) is 11.8 Å². The lowest BCUT2D eigenvalue weighted by Gasteiger charge is -2.13. The maximum Gasteiger partial charge on any atom is 0.337 e. The Balaban J connectivity index is 1.76. The molecule has 3 N–H and O–H groups in total. The number of ether oxygens (including phenoxy) is 2. The third-order valence-corrected chi connectivity index (χ3v) is 5.49. The first-order chi connectivity index (χ1) is 15.4. The Bertz CT molecular complexity index is 1130. The number of rotatable bonds is 9. The highest BCUT2D eigenvalue weighted by atomic mass is 32.2. The molecule has 32 heavy (non-hydrogen) atoms. The van der Waals surface area contributed by atoms with E-state index in [0.717, 1.165) is 5.56 Å². The topological polar surface area (TPSA) is 136 Å². The SMILES string of the molecule is CCn1c(SCC(=O)Nc2cc(OC)c(OC)cc2C(=O)O)nnc1-c1ccc(O)cc1. The number of nitrogens with one attached hydrogen (secondary N) is 1. The van der Waals surface area contributed by atoms with Crippen molar-refractivity contribution in [1.29, 1.82) is 0 Å². The molecule has 3 aromatic rings. The number of anilines is 1. The zero-order chi connectivity index (χ0) is 23.3. The zero-order valence-corrected chi connectivity index (χ0v) is 18.5. The van der Waals surface area contributed by atoms with E-state index in [1.165, 1.54) is 38.1 Å². The molecule has 0 bridgehead atoms. The molecule has 11 heteroatoms. The Hall–Kier alpha value is -3.73. The van der Waals surface area contributed by atoms with Crippen molar-refractivity contribution in [1.82, 2.24) is 14.8 Å². The summed E-state index contributed by atoms with van der Waals surface area (Å²) in [5.41, 5.74) is 0.764. The van der Waals surface area contributed by atoms with E-state index >= 15 is 0 Å². The van der Waals surface area contributed by atoms with Gasteiger partial charge in [0.15, 0.2) is 22.5 Å². The van der Waals surface area contributed by atoms with Gasteiger partial charge in [0.1, 0.15) is 5.75 Å². The van der Waals surface area contributed by atoms with Crippen molar-refractivity contribution < 1.29 is 29.3 Å². The average molecular weight is 458 g/mol. The van der Waals surface area contributed by atoms with E-state index in [0.29, 0.717) is 23.3 Å². The van der Waals surface area contributed by atoms with Crippen molar-refractivity contribution in [3.63, 3.8) is 0 Å². The normalized spacial score (nSPS) is 10.6. The second-order valence-corrected chi connectivity index (χ2v) is 7.43. The number of thioether (sulfide) groups is 1. The lowest BCUT2D eigenvalue weighted by molar-refractivity contribution is -0.113. The van der Waals surface area contributed by atoms with Crippen LogP contribution < -0.4 is 14.8 Å². The van der Waals surface area contributed by atoms with Crippen LogP contribution in [-0.2, 0) is 11.3 Å².